The van der Waals surface area contributed by atoms with Gasteiger partial charge in [0.25, 0.3) is 0 Å². The second-order valence-corrected chi connectivity index (χ2v) is 2.24. The van der Waals surface area contributed by atoms with Gasteiger partial charge in [0.05, 0.1) is 0 Å². The van der Waals surface area contributed by atoms with Gasteiger partial charge in [-0.25, -0.2) is 0 Å². The maximum absolute atomic E-state index is 12.1. The van der Waals surface area contributed by atoms with Crippen molar-refractivity contribution in [3.8, 4) is 11.8 Å². The summed E-state index contributed by atoms with van der Waals surface area (Å²) in [6.07, 6.45) is -2.86. The minimum absolute atomic E-state index is 0.201. The third-order valence-electron chi connectivity index (χ3n) is 1.27. The molecule has 0 aromatic rings. The van der Waals surface area contributed by atoms with E-state index in [-0.39, 0.29) is 6.42 Å². The van der Waals surface area contributed by atoms with Gasteiger partial charge in [0.2, 0.25) is 0 Å². The van der Waals surface area contributed by atoms with E-state index in [1.54, 1.807) is 6.92 Å². The van der Waals surface area contributed by atoms with E-state index in [0.29, 0.717) is 6.42 Å². The van der Waals surface area contributed by atoms with Gasteiger partial charge in [-0.2, -0.15) is 13.2 Å². The highest BCUT2D eigenvalue weighted by molar-refractivity contribution is 5.17. The summed E-state index contributed by atoms with van der Waals surface area (Å²) < 4.78 is 36.3. The van der Waals surface area contributed by atoms with Crippen LogP contribution in [0.5, 0.6) is 0 Å². The second kappa shape index (κ2) is 4.87. The molecule has 3 heteroatoms. The van der Waals surface area contributed by atoms with Crippen LogP contribution in [0.15, 0.2) is 11.6 Å². The SMILES string of the molecule is CC#CC/C(=C\CC)C(F)(F)F. The lowest BCUT2D eigenvalue weighted by Crippen LogP contribution is -2.11. The topological polar surface area (TPSA) is 0 Å². The number of rotatable bonds is 2. The molecule has 0 unspecified atom stereocenters. The predicted molar refractivity (Wildman–Crippen MR) is 42.5 cm³/mol. The maximum atomic E-state index is 12.1. The molecule has 0 N–H and O–H groups in total. The molecule has 0 bridgehead atoms. The van der Waals surface area contributed by atoms with E-state index in [9.17, 15) is 13.2 Å². The number of alkyl halides is 3. The molecule has 0 aliphatic carbocycles. The number of hydrogen-bond donors (Lipinski definition) is 0. The van der Waals surface area contributed by atoms with Gasteiger partial charge in [-0.3, -0.25) is 0 Å². The van der Waals surface area contributed by atoms with Crippen LogP contribution in [0, 0.1) is 11.8 Å². The molecule has 0 aromatic heterocycles. The molecule has 0 amide bonds. The zero-order valence-electron chi connectivity index (χ0n) is 7.13. The minimum Gasteiger partial charge on any atom is -0.166 e. The molecular formula is C9H11F3. The molecule has 0 nitrogen and oxygen atoms in total. The summed E-state index contributed by atoms with van der Waals surface area (Å²) in [7, 11) is 0. The highest BCUT2D eigenvalue weighted by atomic mass is 19.4. The van der Waals surface area contributed by atoms with Crippen LogP contribution < -0.4 is 0 Å². The van der Waals surface area contributed by atoms with E-state index in [2.05, 4.69) is 11.8 Å². The fraction of sp³-hybridized carbons (Fsp3) is 0.556. The normalized spacial score (nSPS) is 12.2. The summed E-state index contributed by atoms with van der Waals surface area (Å²) in [4.78, 5) is 0. The van der Waals surface area contributed by atoms with Gasteiger partial charge in [-0.1, -0.05) is 18.9 Å². The van der Waals surface area contributed by atoms with Crippen molar-refractivity contribution < 1.29 is 13.2 Å². The molecule has 0 aliphatic heterocycles. The highest BCUT2D eigenvalue weighted by Gasteiger charge is 2.31. The average Bonchev–Trinajstić information content (AvgIpc) is 1.95. The first-order chi connectivity index (χ1) is 5.52. The largest absolute Gasteiger partial charge is 0.413 e. The monoisotopic (exact) mass is 176 g/mol. The third-order valence-corrected chi connectivity index (χ3v) is 1.27. The molecule has 0 rings (SSSR count). The summed E-state index contributed by atoms with van der Waals surface area (Å²) in [5.74, 6) is 4.84. The average molecular weight is 176 g/mol. The van der Waals surface area contributed by atoms with Crippen LogP contribution in [0.4, 0.5) is 13.2 Å². The van der Waals surface area contributed by atoms with E-state index >= 15 is 0 Å². The van der Waals surface area contributed by atoms with Gasteiger partial charge in [0.15, 0.2) is 0 Å². The van der Waals surface area contributed by atoms with Crippen LogP contribution in [0.1, 0.15) is 26.7 Å². The number of hydrogen-bond acceptors (Lipinski definition) is 0. The lowest BCUT2D eigenvalue weighted by Gasteiger charge is -2.07. The Hall–Kier alpha value is -0.910. The molecule has 0 aliphatic rings. The summed E-state index contributed by atoms with van der Waals surface area (Å²) >= 11 is 0. The fourth-order valence-corrected chi connectivity index (χ4v) is 0.718. The molecule has 0 radical (unpaired) electrons. The van der Waals surface area contributed by atoms with Gasteiger partial charge >= 0.3 is 6.18 Å². The molecule has 0 saturated carbocycles. The van der Waals surface area contributed by atoms with E-state index in [1.165, 1.54) is 13.0 Å². The van der Waals surface area contributed by atoms with Crippen LogP contribution >= 0.6 is 0 Å². The van der Waals surface area contributed by atoms with E-state index in [1.807, 2.05) is 0 Å². The van der Waals surface area contributed by atoms with Gasteiger partial charge in [0.1, 0.15) is 0 Å². The van der Waals surface area contributed by atoms with Crippen molar-refractivity contribution in [2.75, 3.05) is 0 Å². The van der Waals surface area contributed by atoms with Gasteiger partial charge < -0.3 is 0 Å². The number of allylic oxidation sites excluding steroid dienone is 2. The van der Waals surface area contributed by atoms with Crippen molar-refractivity contribution in [2.45, 2.75) is 32.9 Å². The third kappa shape index (κ3) is 4.07. The van der Waals surface area contributed by atoms with Crippen LogP contribution in [-0.2, 0) is 0 Å². The lowest BCUT2D eigenvalue weighted by atomic mass is 10.1. The van der Waals surface area contributed by atoms with Crippen LogP contribution in [-0.4, -0.2) is 6.18 Å². The standard InChI is InChI=1S/C9H11F3/c1-3-5-7-8(6-4-2)9(10,11)12/h6H,4,7H2,1-2H3/b8-6+. The fourth-order valence-electron chi connectivity index (χ4n) is 0.718. The zero-order chi connectivity index (χ0) is 9.61. The van der Waals surface area contributed by atoms with Crippen molar-refractivity contribution in [1.29, 1.82) is 0 Å². The van der Waals surface area contributed by atoms with Gasteiger partial charge in [-0.05, 0) is 13.3 Å². The van der Waals surface area contributed by atoms with Crippen molar-refractivity contribution in [1.82, 2.24) is 0 Å². The summed E-state index contributed by atoms with van der Waals surface area (Å²) in [6, 6.07) is 0. The molecule has 12 heavy (non-hydrogen) atoms. The van der Waals surface area contributed by atoms with Crippen molar-refractivity contribution in [3.63, 3.8) is 0 Å². The first-order valence-corrected chi connectivity index (χ1v) is 3.68. The smallest absolute Gasteiger partial charge is 0.166 e. The van der Waals surface area contributed by atoms with Crippen molar-refractivity contribution >= 4 is 0 Å². The predicted octanol–water partition coefficient (Wildman–Crippen LogP) is 3.30. The molecule has 0 spiro atoms. The Labute approximate surface area is 70.5 Å². The quantitative estimate of drug-likeness (QED) is 0.447. The lowest BCUT2D eigenvalue weighted by molar-refractivity contribution is -0.0929. The first-order valence-electron chi connectivity index (χ1n) is 3.68. The molecule has 0 heterocycles. The Kier molecular flexibility index (Phi) is 4.50. The summed E-state index contributed by atoms with van der Waals surface area (Å²) in [5, 5.41) is 0. The van der Waals surface area contributed by atoms with E-state index < -0.39 is 11.7 Å². The van der Waals surface area contributed by atoms with Crippen LogP contribution in [0.2, 0.25) is 0 Å². The van der Waals surface area contributed by atoms with Gasteiger partial charge in [0, 0.05) is 12.0 Å². The molecule has 68 valence electrons. The Morgan fingerprint density at radius 3 is 2.33 bits per heavy atom. The molecular weight excluding hydrogens is 165 g/mol. The summed E-state index contributed by atoms with van der Waals surface area (Å²) in [6.45, 7) is 3.20. The molecule has 0 atom stereocenters. The molecule has 0 fully saturated rings. The van der Waals surface area contributed by atoms with Gasteiger partial charge in [-0.15, -0.1) is 5.92 Å². The highest BCUT2D eigenvalue weighted by Crippen LogP contribution is 2.27. The zero-order valence-corrected chi connectivity index (χ0v) is 7.13. The number of halogens is 3. The first kappa shape index (κ1) is 11.1. The second-order valence-electron chi connectivity index (χ2n) is 2.24. The van der Waals surface area contributed by atoms with Crippen LogP contribution in [0.3, 0.4) is 0 Å². The summed E-state index contributed by atoms with van der Waals surface area (Å²) in [5.41, 5.74) is -0.542. The van der Waals surface area contributed by atoms with E-state index in [0.717, 1.165) is 0 Å². The minimum atomic E-state index is -4.22. The Balaban J connectivity index is 4.42. The Bertz CT molecular complexity index is 212. The molecule has 0 aromatic carbocycles. The van der Waals surface area contributed by atoms with E-state index in [4.69, 9.17) is 0 Å². The van der Waals surface area contributed by atoms with Crippen molar-refractivity contribution in [2.24, 2.45) is 0 Å². The van der Waals surface area contributed by atoms with Crippen LogP contribution in [0.25, 0.3) is 0 Å². The van der Waals surface area contributed by atoms with Crippen molar-refractivity contribution in [3.05, 3.63) is 11.6 Å². The molecule has 0 saturated heterocycles. The maximum Gasteiger partial charge on any atom is 0.413 e. The Morgan fingerprint density at radius 2 is 2.00 bits per heavy atom. The Morgan fingerprint density at radius 1 is 1.42 bits per heavy atom.